The largest absolute Gasteiger partial charge is 0.385 e. The molecule has 0 saturated carbocycles. The number of methoxy groups -OCH3 is 1. The second-order valence-corrected chi connectivity index (χ2v) is 8.86. The van der Waals surface area contributed by atoms with E-state index in [-0.39, 0.29) is 5.56 Å². The van der Waals surface area contributed by atoms with Crippen molar-refractivity contribution in [2.75, 3.05) is 50.2 Å². The van der Waals surface area contributed by atoms with Gasteiger partial charge in [-0.15, -0.1) is 0 Å². The standard InChI is InChI=1S/C28H31N5O3/c1-35-16-3-2-5-21-6-4-7-24(30-21)25-19-20-12-13-29-28(34)26(20)27(32-25)31-22-8-10-23(11-9-22)33-14-17-36-18-15-33/h4,6-13,19H,2-3,5,14-18H2,1H3,(H,29,34)(H,31,32). The van der Waals surface area contributed by atoms with Crippen LogP contribution in [-0.4, -0.2) is 55.0 Å². The van der Waals surface area contributed by atoms with Crippen LogP contribution in [0.15, 0.2) is 65.6 Å². The Labute approximate surface area is 210 Å². The lowest BCUT2D eigenvalue weighted by molar-refractivity contribution is 0.122. The molecule has 0 bridgehead atoms. The van der Waals surface area contributed by atoms with Gasteiger partial charge in [0.25, 0.3) is 5.56 Å². The second kappa shape index (κ2) is 11.3. The van der Waals surface area contributed by atoms with Crippen LogP contribution in [0.5, 0.6) is 0 Å². The lowest BCUT2D eigenvalue weighted by Crippen LogP contribution is -2.36. The molecule has 0 radical (unpaired) electrons. The number of anilines is 3. The number of benzene rings is 1. The molecule has 1 fully saturated rings. The number of unbranched alkanes of at least 4 members (excludes halogenated alkanes) is 1. The molecule has 0 aliphatic carbocycles. The van der Waals surface area contributed by atoms with E-state index in [9.17, 15) is 4.79 Å². The number of hydrogen-bond donors (Lipinski definition) is 2. The van der Waals surface area contributed by atoms with Crippen molar-refractivity contribution in [1.82, 2.24) is 15.0 Å². The summed E-state index contributed by atoms with van der Waals surface area (Å²) in [5.74, 6) is 0.510. The molecule has 4 aromatic rings. The molecule has 1 aromatic carbocycles. The number of pyridine rings is 3. The molecule has 1 aliphatic rings. The van der Waals surface area contributed by atoms with Gasteiger partial charge in [-0.3, -0.25) is 9.78 Å². The van der Waals surface area contributed by atoms with Gasteiger partial charge in [0.05, 0.1) is 30.0 Å². The fourth-order valence-electron chi connectivity index (χ4n) is 4.46. The van der Waals surface area contributed by atoms with Gasteiger partial charge in [0.1, 0.15) is 5.82 Å². The minimum atomic E-state index is -0.182. The summed E-state index contributed by atoms with van der Waals surface area (Å²) in [6, 6.07) is 18.0. The molecule has 36 heavy (non-hydrogen) atoms. The number of H-pyrrole nitrogens is 1. The van der Waals surface area contributed by atoms with Crippen molar-refractivity contribution in [3.8, 4) is 11.4 Å². The molecule has 0 amide bonds. The highest BCUT2D eigenvalue weighted by molar-refractivity contribution is 5.95. The summed E-state index contributed by atoms with van der Waals surface area (Å²) in [6.45, 7) is 4.01. The smallest absolute Gasteiger partial charge is 0.259 e. The fourth-order valence-corrected chi connectivity index (χ4v) is 4.46. The van der Waals surface area contributed by atoms with Gasteiger partial charge in [-0.1, -0.05) is 6.07 Å². The Balaban J connectivity index is 1.44. The molecule has 2 N–H and O–H groups in total. The Morgan fingerprint density at radius 2 is 1.86 bits per heavy atom. The third-order valence-electron chi connectivity index (χ3n) is 6.36. The van der Waals surface area contributed by atoms with Crippen LogP contribution in [0, 0.1) is 0 Å². The van der Waals surface area contributed by atoms with E-state index in [1.54, 1.807) is 13.3 Å². The van der Waals surface area contributed by atoms with Crippen LogP contribution in [0.3, 0.4) is 0 Å². The van der Waals surface area contributed by atoms with E-state index in [2.05, 4.69) is 27.3 Å². The molecule has 4 heterocycles. The predicted molar refractivity (Wildman–Crippen MR) is 143 cm³/mol. The third kappa shape index (κ3) is 5.56. The first-order chi connectivity index (χ1) is 17.7. The van der Waals surface area contributed by atoms with Crippen LogP contribution in [0.25, 0.3) is 22.2 Å². The zero-order chi connectivity index (χ0) is 24.7. The molecule has 1 aliphatic heterocycles. The van der Waals surface area contributed by atoms with E-state index in [0.29, 0.717) is 11.2 Å². The molecule has 1 saturated heterocycles. The number of ether oxygens (including phenoxy) is 2. The first-order valence-corrected chi connectivity index (χ1v) is 12.4. The molecule has 0 unspecified atom stereocenters. The third-order valence-corrected chi connectivity index (χ3v) is 6.36. The van der Waals surface area contributed by atoms with Gasteiger partial charge in [0, 0.05) is 50.1 Å². The van der Waals surface area contributed by atoms with Crippen LogP contribution in [0.1, 0.15) is 18.5 Å². The topological polar surface area (TPSA) is 92.4 Å². The summed E-state index contributed by atoms with van der Waals surface area (Å²) < 4.78 is 10.6. The SMILES string of the molecule is COCCCCc1cccc(-c2cc3cc[nH]c(=O)c3c(Nc3ccc(N4CCOCC4)cc3)n2)n1. The lowest BCUT2D eigenvalue weighted by Gasteiger charge is -2.28. The minimum absolute atomic E-state index is 0.182. The van der Waals surface area contributed by atoms with Crippen LogP contribution in [0.4, 0.5) is 17.2 Å². The van der Waals surface area contributed by atoms with E-state index in [1.807, 2.05) is 42.5 Å². The number of nitrogens with one attached hydrogen (secondary N) is 2. The number of fused-ring (bicyclic) bond motifs is 1. The van der Waals surface area contributed by atoms with E-state index in [4.69, 9.17) is 19.4 Å². The second-order valence-electron chi connectivity index (χ2n) is 8.86. The predicted octanol–water partition coefficient (Wildman–Crippen LogP) is 4.53. The fraction of sp³-hybridized carbons (Fsp3) is 0.321. The summed E-state index contributed by atoms with van der Waals surface area (Å²) in [4.78, 5) is 27.5. The number of nitrogens with zero attached hydrogens (tertiary/aromatic N) is 3. The van der Waals surface area contributed by atoms with Crippen molar-refractivity contribution >= 4 is 28.0 Å². The van der Waals surface area contributed by atoms with Crippen molar-refractivity contribution in [1.29, 1.82) is 0 Å². The molecule has 8 nitrogen and oxygen atoms in total. The normalized spacial score (nSPS) is 13.8. The average molecular weight is 486 g/mol. The highest BCUT2D eigenvalue weighted by atomic mass is 16.5. The summed E-state index contributed by atoms with van der Waals surface area (Å²) >= 11 is 0. The molecular formula is C28H31N5O3. The van der Waals surface area contributed by atoms with Gasteiger partial charge in [0.2, 0.25) is 0 Å². The molecule has 186 valence electrons. The summed E-state index contributed by atoms with van der Waals surface area (Å²) in [6.07, 6.45) is 4.55. The maximum atomic E-state index is 12.7. The van der Waals surface area contributed by atoms with Crippen molar-refractivity contribution in [3.05, 3.63) is 76.8 Å². The first-order valence-electron chi connectivity index (χ1n) is 12.4. The van der Waals surface area contributed by atoms with E-state index in [0.717, 1.165) is 86.0 Å². The quantitative estimate of drug-likeness (QED) is 0.336. The van der Waals surface area contributed by atoms with Crippen molar-refractivity contribution in [2.24, 2.45) is 0 Å². The van der Waals surface area contributed by atoms with E-state index in [1.165, 1.54) is 0 Å². The van der Waals surface area contributed by atoms with Gasteiger partial charge >= 0.3 is 0 Å². The number of rotatable bonds is 9. The number of aromatic amines is 1. The highest BCUT2D eigenvalue weighted by Gasteiger charge is 2.14. The summed E-state index contributed by atoms with van der Waals surface area (Å²) in [5.41, 5.74) is 4.36. The first kappa shape index (κ1) is 24.0. The monoisotopic (exact) mass is 485 g/mol. The molecule has 3 aromatic heterocycles. The Bertz CT molecular complexity index is 1360. The number of morpholine rings is 1. The zero-order valence-electron chi connectivity index (χ0n) is 20.5. The number of hydrogen-bond acceptors (Lipinski definition) is 7. The number of aryl methyl sites for hydroxylation is 1. The lowest BCUT2D eigenvalue weighted by atomic mass is 10.1. The van der Waals surface area contributed by atoms with Gasteiger partial charge in [0.15, 0.2) is 0 Å². The Morgan fingerprint density at radius 3 is 2.67 bits per heavy atom. The Hall–Kier alpha value is -3.75. The number of aromatic nitrogens is 3. The van der Waals surface area contributed by atoms with Crippen LogP contribution >= 0.6 is 0 Å². The van der Waals surface area contributed by atoms with Crippen LogP contribution in [0.2, 0.25) is 0 Å². The van der Waals surface area contributed by atoms with Crippen molar-refractivity contribution < 1.29 is 9.47 Å². The Kier molecular flexibility index (Phi) is 7.54. The van der Waals surface area contributed by atoms with Gasteiger partial charge in [-0.2, -0.15) is 0 Å². The summed E-state index contributed by atoms with van der Waals surface area (Å²) in [5, 5.41) is 4.71. The van der Waals surface area contributed by atoms with Crippen molar-refractivity contribution in [2.45, 2.75) is 19.3 Å². The molecule has 5 rings (SSSR count). The highest BCUT2D eigenvalue weighted by Crippen LogP contribution is 2.28. The zero-order valence-corrected chi connectivity index (χ0v) is 20.5. The van der Waals surface area contributed by atoms with Crippen molar-refractivity contribution in [3.63, 3.8) is 0 Å². The van der Waals surface area contributed by atoms with E-state index >= 15 is 0 Å². The molecule has 0 atom stereocenters. The minimum Gasteiger partial charge on any atom is -0.385 e. The van der Waals surface area contributed by atoms with E-state index < -0.39 is 0 Å². The van der Waals surface area contributed by atoms with Gasteiger partial charge < -0.3 is 24.7 Å². The summed E-state index contributed by atoms with van der Waals surface area (Å²) in [7, 11) is 1.72. The van der Waals surface area contributed by atoms with Gasteiger partial charge in [-0.05, 0) is 73.2 Å². The average Bonchev–Trinajstić information content (AvgIpc) is 2.92. The maximum absolute atomic E-state index is 12.7. The molecular weight excluding hydrogens is 454 g/mol. The maximum Gasteiger partial charge on any atom is 0.259 e. The van der Waals surface area contributed by atoms with Gasteiger partial charge in [-0.25, -0.2) is 4.98 Å². The Morgan fingerprint density at radius 1 is 1.03 bits per heavy atom. The van der Waals surface area contributed by atoms with Crippen LogP contribution < -0.4 is 15.8 Å². The molecule has 0 spiro atoms. The van der Waals surface area contributed by atoms with Crippen LogP contribution in [-0.2, 0) is 15.9 Å². The molecule has 8 heteroatoms.